The first-order chi connectivity index (χ1) is 17.4. The van der Waals surface area contributed by atoms with Crippen LogP contribution in [0.25, 0.3) is 0 Å². The highest BCUT2D eigenvalue weighted by Crippen LogP contribution is 2.37. The molecule has 198 valence electrons. The fourth-order valence-electron chi connectivity index (χ4n) is 6.15. The number of ether oxygens (including phenoxy) is 1. The number of nitrogens with one attached hydrogen (secondary N) is 1. The van der Waals surface area contributed by atoms with Gasteiger partial charge in [-0.05, 0) is 43.9 Å². The second kappa shape index (κ2) is 11.7. The molecule has 3 heterocycles. The number of hydrogen-bond donors (Lipinski definition) is 3. The summed E-state index contributed by atoms with van der Waals surface area (Å²) in [6.07, 6.45) is 10.2. The minimum Gasteiger partial charge on any atom is -0.379 e. The molecule has 11 nitrogen and oxygen atoms in total. The highest BCUT2D eigenvalue weighted by atomic mass is 16.5. The van der Waals surface area contributed by atoms with Gasteiger partial charge in [0.1, 0.15) is 12.2 Å². The number of quaternary nitrogens is 1. The summed E-state index contributed by atoms with van der Waals surface area (Å²) in [7, 11) is 0. The molecule has 4 N–H and O–H groups in total. The molecule has 0 aromatic carbocycles. The van der Waals surface area contributed by atoms with E-state index in [1.54, 1.807) is 12.2 Å². The molecule has 0 aromatic rings. The molecule has 3 fully saturated rings. The average molecular weight is 505 g/mol. The first-order valence-corrected chi connectivity index (χ1v) is 13.0. The van der Waals surface area contributed by atoms with E-state index in [1.165, 1.54) is 6.20 Å². The van der Waals surface area contributed by atoms with Gasteiger partial charge < -0.3 is 15.8 Å². The average Bonchev–Trinajstić information content (AvgIpc) is 3.62. The lowest BCUT2D eigenvalue weighted by molar-refractivity contribution is -0.766. The number of carbonyl (C=O) groups is 4. The maximum absolute atomic E-state index is 14.7. The van der Waals surface area contributed by atoms with Crippen molar-refractivity contribution in [2.75, 3.05) is 39.4 Å². The van der Waals surface area contributed by atoms with E-state index in [-0.39, 0.29) is 30.4 Å². The van der Waals surface area contributed by atoms with E-state index in [4.69, 9.17) is 10.5 Å². The van der Waals surface area contributed by atoms with E-state index in [9.17, 15) is 24.4 Å². The van der Waals surface area contributed by atoms with E-state index >= 15 is 0 Å². The van der Waals surface area contributed by atoms with Crippen molar-refractivity contribution in [2.24, 2.45) is 17.6 Å². The van der Waals surface area contributed by atoms with Gasteiger partial charge in [-0.3, -0.25) is 14.8 Å². The Balaban J connectivity index is 1.81. The zero-order valence-corrected chi connectivity index (χ0v) is 20.7. The van der Waals surface area contributed by atoms with Gasteiger partial charge in [0.25, 0.3) is 5.91 Å². The lowest BCUT2D eigenvalue weighted by Gasteiger charge is -2.46. The molecule has 4 amide bonds. The summed E-state index contributed by atoms with van der Waals surface area (Å²) in [5, 5.41) is 13.8. The van der Waals surface area contributed by atoms with Crippen molar-refractivity contribution in [1.82, 2.24) is 15.3 Å². The van der Waals surface area contributed by atoms with Crippen molar-refractivity contribution >= 4 is 24.1 Å². The normalized spacial score (nSPS) is 30.1. The van der Waals surface area contributed by atoms with E-state index < -0.39 is 34.4 Å². The van der Waals surface area contributed by atoms with Crippen LogP contribution >= 0.6 is 0 Å². The van der Waals surface area contributed by atoms with Crippen molar-refractivity contribution in [2.45, 2.75) is 57.2 Å². The number of imide groups is 1. The van der Waals surface area contributed by atoms with Crippen LogP contribution in [0.3, 0.4) is 0 Å². The molecule has 4 atom stereocenters. The zero-order valence-electron chi connectivity index (χ0n) is 20.7. The quantitative estimate of drug-likeness (QED) is 0.176. The van der Waals surface area contributed by atoms with Gasteiger partial charge in [0.05, 0.1) is 31.2 Å². The summed E-state index contributed by atoms with van der Waals surface area (Å²) >= 11 is 0. The van der Waals surface area contributed by atoms with E-state index in [2.05, 4.69) is 5.32 Å². The molecule has 0 bridgehead atoms. The lowest BCUT2D eigenvalue weighted by Crippen LogP contribution is -2.70. The number of carbonyl (C=O) groups excluding carboxylic acids is 4. The Morgan fingerprint density at radius 3 is 2.56 bits per heavy atom. The number of rotatable bonds is 9. The number of morpholine rings is 1. The molecule has 0 spiro atoms. The summed E-state index contributed by atoms with van der Waals surface area (Å²) in [4.78, 5) is 54.6. The fraction of sp³-hybridized carbons (Fsp3) is 0.680. The zero-order chi connectivity index (χ0) is 25.7. The van der Waals surface area contributed by atoms with Crippen molar-refractivity contribution in [3.8, 4) is 0 Å². The summed E-state index contributed by atoms with van der Waals surface area (Å²) in [5.41, 5.74) is 5.73. The van der Waals surface area contributed by atoms with Crippen molar-refractivity contribution < 1.29 is 33.6 Å². The second-order valence-electron chi connectivity index (χ2n) is 10.3. The molecular weight excluding hydrogens is 466 g/mol. The molecule has 0 aromatic heterocycles. The van der Waals surface area contributed by atoms with Crippen LogP contribution in [-0.2, 0) is 23.9 Å². The lowest BCUT2D eigenvalue weighted by atomic mass is 9.89. The third-order valence-electron chi connectivity index (χ3n) is 7.97. The molecule has 36 heavy (non-hydrogen) atoms. The molecule has 4 rings (SSSR count). The fourth-order valence-corrected chi connectivity index (χ4v) is 6.15. The van der Waals surface area contributed by atoms with E-state index in [1.807, 2.05) is 4.90 Å². The van der Waals surface area contributed by atoms with Gasteiger partial charge >= 0.3 is 11.8 Å². The number of primary amides is 1. The van der Waals surface area contributed by atoms with Gasteiger partial charge in [0.15, 0.2) is 6.17 Å². The minimum atomic E-state index is -0.797. The molecule has 2 saturated heterocycles. The van der Waals surface area contributed by atoms with E-state index in [0.29, 0.717) is 50.8 Å². The molecular formula is C25H38N5O6+. The van der Waals surface area contributed by atoms with Crippen LogP contribution in [0.5, 0.6) is 0 Å². The minimum absolute atomic E-state index is 0.0927. The van der Waals surface area contributed by atoms with E-state index in [0.717, 1.165) is 32.1 Å². The maximum Gasteiger partial charge on any atom is 0.344 e. The Hall–Kier alpha value is -2.44. The third-order valence-corrected chi connectivity index (χ3v) is 7.97. The van der Waals surface area contributed by atoms with Crippen LogP contribution in [0.4, 0.5) is 0 Å². The molecule has 3 aliphatic heterocycles. The van der Waals surface area contributed by atoms with Gasteiger partial charge in [0.2, 0.25) is 6.41 Å². The van der Waals surface area contributed by atoms with Crippen LogP contribution in [0.1, 0.15) is 44.9 Å². The maximum atomic E-state index is 14.7. The molecule has 2 unspecified atom stereocenters. The Labute approximate surface area is 211 Å². The Kier molecular flexibility index (Phi) is 8.68. The molecule has 11 heteroatoms. The number of nitrogens with two attached hydrogens (primary N) is 1. The van der Waals surface area contributed by atoms with Gasteiger partial charge in [0, 0.05) is 13.1 Å². The Morgan fingerprint density at radius 2 is 1.94 bits per heavy atom. The number of hydroxylamine groups is 2. The molecule has 4 aliphatic rings. The molecule has 1 aliphatic carbocycles. The van der Waals surface area contributed by atoms with Crippen LogP contribution in [-0.4, -0.2) is 95.4 Å². The standard InChI is InChI=1S/C25H37N5O6/c26-23(32)19-7-8-22(28-10-12-36-13-11-28)30(16-19,25(34)21-6-3-9-27-21)24(33)20(15-29(35)17-31)14-18-4-1-2-5-18/h7-8,16-18,20-22,27,35H,1-6,9-15H2,(H-,26,32)/p+1/t20-,21+,22?,30?/m1/s1. The number of nitrogens with zero attached hydrogens (tertiary/aromatic N) is 3. The molecule has 1 saturated carbocycles. The molecule has 0 radical (unpaired) electrons. The topological polar surface area (TPSA) is 142 Å². The SMILES string of the molecule is NC(=O)C1=C[N+](C(=O)[C@H](CC2CCCC2)CN(O)C=O)(C(=O)[C@@H]2CCCN2)C(N2CCOCC2)C=C1. The summed E-state index contributed by atoms with van der Waals surface area (Å²) < 4.78 is 4.79. The summed E-state index contributed by atoms with van der Waals surface area (Å²) in [5.74, 6) is -2.03. The third kappa shape index (κ3) is 5.45. The second-order valence-corrected chi connectivity index (χ2v) is 10.3. The summed E-state index contributed by atoms with van der Waals surface area (Å²) in [6.45, 7) is 2.39. The van der Waals surface area contributed by atoms with Gasteiger partial charge in [-0.1, -0.05) is 25.7 Å². The summed E-state index contributed by atoms with van der Waals surface area (Å²) in [6, 6.07) is -0.558. The Bertz CT molecular complexity index is 905. The number of amides is 4. The Morgan fingerprint density at radius 1 is 1.22 bits per heavy atom. The van der Waals surface area contributed by atoms with Crippen LogP contribution in [0.15, 0.2) is 23.9 Å². The largest absolute Gasteiger partial charge is 0.379 e. The monoisotopic (exact) mass is 504 g/mol. The smallest absolute Gasteiger partial charge is 0.344 e. The van der Waals surface area contributed by atoms with Crippen molar-refractivity contribution in [1.29, 1.82) is 0 Å². The number of hydrogen-bond acceptors (Lipinski definition) is 8. The highest BCUT2D eigenvalue weighted by molar-refractivity contribution is 5.97. The van der Waals surface area contributed by atoms with Crippen LogP contribution in [0.2, 0.25) is 0 Å². The first kappa shape index (κ1) is 26.6. The van der Waals surface area contributed by atoms with Gasteiger partial charge in [-0.2, -0.15) is 4.48 Å². The first-order valence-electron chi connectivity index (χ1n) is 13.0. The van der Waals surface area contributed by atoms with Crippen LogP contribution < -0.4 is 11.1 Å². The van der Waals surface area contributed by atoms with Gasteiger partial charge in [-0.25, -0.2) is 19.6 Å². The van der Waals surface area contributed by atoms with Crippen LogP contribution in [0, 0.1) is 11.8 Å². The van der Waals surface area contributed by atoms with Crippen molar-refractivity contribution in [3.05, 3.63) is 23.9 Å². The van der Waals surface area contributed by atoms with Gasteiger partial charge in [-0.15, -0.1) is 0 Å². The predicted molar refractivity (Wildman–Crippen MR) is 129 cm³/mol. The predicted octanol–water partition coefficient (Wildman–Crippen LogP) is 0.250. The highest BCUT2D eigenvalue weighted by Gasteiger charge is 2.58. The van der Waals surface area contributed by atoms with Crippen molar-refractivity contribution in [3.63, 3.8) is 0 Å².